The van der Waals surface area contributed by atoms with Gasteiger partial charge in [-0.15, -0.1) is 11.3 Å². The van der Waals surface area contributed by atoms with Gasteiger partial charge in [0.2, 0.25) is 0 Å². The van der Waals surface area contributed by atoms with Crippen molar-refractivity contribution in [2.75, 3.05) is 0 Å². The molecule has 0 amide bonds. The van der Waals surface area contributed by atoms with Crippen LogP contribution in [0.4, 0.5) is 0 Å². The molecule has 0 fully saturated rings. The summed E-state index contributed by atoms with van der Waals surface area (Å²) < 4.78 is 11.9. The van der Waals surface area contributed by atoms with E-state index < -0.39 is 5.41 Å². The molecule has 1 aliphatic carbocycles. The summed E-state index contributed by atoms with van der Waals surface area (Å²) >= 11 is 1.87. The Morgan fingerprint density at radius 2 is 0.957 bits per heavy atom. The maximum absolute atomic E-state index is 6.85. The van der Waals surface area contributed by atoms with Crippen LogP contribution in [0.1, 0.15) is 22.3 Å². The number of rotatable bonds is 5. The van der Waals surface area contributed by atoms with Gasteiger partial charge in [0.1, 0.15) is 11.5 Å². The lowest BCUT2D eigenvalue weighted by Gasteiger charge is -2.40. The number of nitrogens with zero attached hydrogens (tertiary/aromatic N) is 4. The van der Waals surface area contributed by atoms with E-state index in [-0.39, 0.29) is 0 Å². The van der Waals surface area contributed by atoms with Crippen LogP contribution in [0.5, 0.6) is 11.5 Å². The second kappa shape index (κ2) is 15.0. The van der Waals surface area contributed by atoms with Crippen LogP contribution in [0.3, 0.4) is 0 Å². The highest BCUT2D eigenvalue weighted by Gasteiger charge is 2.53. The molecule has 0 N–H and O–H groups in total. The van der Waals surface area contributed by atoms with Crippen molar-refractivity contribution in [2.24, 2.45) is 0 Å². The van der Waals surface area contributed by atoms with E-state index in [9.17, 15) is 0 Å². The first-order valence-corrected chi connectivity index (χ1v) is 24.5. The number of ether oxygens (including phenoxy) is 1. The van der Waals surface area contributed by atoms with Crippen molar-refractivity contribution in [1.82, 2.24) is 19.5 Å². The van der Waals surface area contributed by atoms with Gasteiger partial charge in [0.05, 0.1) is 16.4 Å². The lowest BCUT2D eigenvalue weighted by Crippen LogP contribution is -2.32. The van der Waals surface area contributed by atoms with Gasteiger partial charge < -0.3 is 9.30 Å². The largest absolute Gasteiger partial charge is 0.457 e. The highest BCUT2D eigenvalue weighted by Crippen LogP contribution is 2.65. The number of para-hydroxylation sites is 3. The first-order valence-electron chi connectivity index (χ1n) is 23.7. The average Bonchev–Trinajstić information content (AvgIpc) is 4.08. The van der Waals surface area contributed by atoms with Crippen LogP contribution in [0.25, 0.3) is 104 Å². The monoisotopic (exact) mass is 910 g/mol. The van der Waals surface area contributed by atoms with Crippen LogP contribution in [-0.4, -0.2) is 19.5 Å². The van der Waals surface area contributed by atoms with E-state index in [1.165, 1.54) is 53.1 Å². The lowest BCUT2D eigenvalue weighted by molar-refractivity contribution is 0.436. The summed E-state index contributed by atoms with van der Waals surface area (Å²) in [5.41, 5.74) is 14.6. The van der Waals surface area contributed by atoms with E-state index in [0.717, 1.165) is 67.3 Å². The Hall–Kier alpha value is -8.97. The molecule has 0 atom stereocenters. The molecule has 1 aliphatic heterocycles. The lowest BCUT2D eigenvalue weighted by atomic mass is 9.65. The van der Waals surface area contributed by atoms with Crippen molar-refractivity contribution < 1.29 is 4.74 Å². The molecule has 70 heavy (non-hydrogen) atoms. The molecule has 5 nitrogen and oxygen atoms in total. The van der Waals surface area contributed by atoms with Crippen molar-refractivity contribution in [2.45, 2.75) is 5.41 Å². The Morgan fingerprint density at radius 1 is 0.386 bits per heavy atom. The third-order valence-corrected chi connectivity index (χ3v) is 15.7. The summed E-state index contributed by atoms with van der Waals surface area (Å²) in [5, 5.41) is 5.09. The fourth-order valence-electron chi connectivity index (χ4n) is 11.7. The Morgan fingerprint density at radius 3 is 1.69 bits per heavy atom. The smallest absolute Gasteiger partial charge is 0.164 e. The molecule has 4 heterocycles. The second-order valence-electron chi connectivity index (χ2n) is 18.2. The van der Waals surface area contributed by atoms with Gasteiger partial charge in [0, 0.05) is 64.4 Å². The fourth-order valence-corrected chi connectivity index (χ4v) is 12.8. The predicted molar refractivity (Wildman–Crippen MR) is 286 cm³/mol. The van der Waals surface area contributed by atoms with Crippen LogP contribution in [0.15, 0.2) is 231 Å². The topological polar surface area (TPSA) is 52.8 Å². The van der Waals surface area contributed by atoms with Gasteiger partial charge in [-0.3, -0.25) is 0 Å². The standard InChI is InChI=1S/C64H38N4OS/c1-4-18-39(19-5-1)61-65-62(40-20-6-2-7-21-40)67-63(66-61)46-27-16-26-45-57-43(25-17-30-50(57)64(60(45)46)48-28-11-13-31-53(48)69-54-32-14-12-29-49(54)64)41-34-35-51-47(38-41)58-52(68(51)42-22-8-3-9-23-42)36-37-56-59(58)44-24-10-15-33-55(44)70-56/h1-38H. The number of hydrogen-bond donors (Lipinski definition) is 0. The highest BCUT2D eigenvalue weighted by molar-refractivity contribution is 7.26. The Kier molecular flexibility index (Phi) is 8.38. The summed E-state index contributed by atoms with van der Waals surface area (Å²) in [6.07, 6.45) is 0. The second-order valence-corrected chi connectivity index (χ2v) is 19.3. The summed E-state index contributed by atoms with van der Waals surface area (Å²) in [7, 11) is 0. The van der Waals surface area contributed by atoms with Crippen LogP contribution in [-0.2, 0) is 5.41 Å². The van der Waals surface area contributed by atoms with Crippen molar-refractivity contribution in [3.05, 3.63) is 253 Å². The van der Waals surface area contributed by atoms with E-state index in [0.29, 0.717) is 17.5 Å². The third-order valence-electron chi connectivity index (χ3n) is 14.5. The SMILES string of the molecule is c1ccc(-c2nc(-c3ccccc3)nc(-c3cccc4c3C3(c5ccccc5Oc5ccccc53)c3cccc(-c5ccc6c(c5)c5c7c(ccc5n6-c5ccccc5)sc5ccccc57)c3-4)n2)cc1. The van der Waals surface area contributed by atoms with Crippen LogP contribution < -0.4 is 4.74 Å². The zero-order valence-electron chi connectivity index (χ0n) is 37.5. The molecule has 0 saturated heterocycles. The number of aromatic nitrogens is 4. The minimum Gasteiger partial charge on any atom is -0.457 e. The van der Waals surface area contributed by atoms with Gasteiger partial charge in [-0.05, 0) is 88.0 Å². The quantitative estimate of drug-likeness (QED) is 0.173. The molecule has 0 unspecified atom stereocenters. The van der Waals surface area contributed by atoms with Gasteiger partial charge in [0.15, 0.2) is 17.5 Å². The molecule has 6 heteroatoms. The number of fused-ring (bicyclic) bond motifs is 16. The van der Waals surface area contributed by atoms with E-state index in [1.54, 1.807) is 0 Å². The highest BCUT2D eigenvalue weighted by atomic mass is 32.1. The van der Waals surface area contributed by atoms with Crippen molar-refractivity contribution in [1.29, 1.82) is 0 Å². The van der Waals surface area contributed by atoms with E-state index in [1.807, 2.05) is 47.7 Å². The van der Waals surface area contributed by atoms with Gasteiger partial charge in [-0.1, -0.05) is 176 Å². The van der Waals surface area contributed by atoms with E-state index in [4.69, 9.17) is 19.7 Å². The summed E-state index contributed by atoms with van der Waals surface area (Å²) in [6, 6.07) is 82.4. The maximum atomic E-state index is 6.85. The minimum atomic E-state index is -0.801. The Labute approximate surface area is 407 Å². The molecular formula is C64H38N4OS. The van der Waals surface area contributed by atoms with Crippen LogP contribution in [0.2, 0.25) is 0 Å². The summed E-state index contributed by atoms with van der Waals surface area (Å²) in [6.45, 7) is 0. The average molecular weight is 911 g/mol. The molecule has 0 saturated carbocycles. The Balaban J connectivity index is 1.05. The normalized spacial score (nSPS) is 13.1. The van der Waals surface area contributed by atoms with Crippen LogP contribution >= 0.6 is 11.3 Å². The molecule has 0 radical (unpaired) electrons. The van der Waals surface area contributed by atoms with Crippen molar-refractivity contribution in [3.8, 4) is 73.6 Å². The van der Waals surface area contributed by atoms with Gasteiger partial charge in [-0.2, -0.15) is 0 Å². The fraction of sp³-hybridized carbons (Fsp3) is 0.0156. The number of thiophene rings is 1. The summed E-state index contributed by atoms with van der Waals surface area (Å²) in [4.78, 5) is 15.9. The molecule has 2 aliphatic rings. The molecule has 13 aromatic rings. The number of hydrogen-bond acceptors (Lipinski definition) is 5. The molecule has 0 bridgehead atoms. The predicted octanol–water partition coefficient (Wildman–Crippen LogP) is 16.5. The zero-order valence-corrected chi connectivity index (χ0v) is 38.4. The van der Waals surface area contributed by atoms with Gasteiger partial charge >= 0.3 is 0 Å². The molecule has 10 aromatic carbocycles. The molecule has 3 aromatic heterocycles. The van der Waals surface area contributed by atoms with Crippen molar-refractivity contribution >= 4 is 53.3 Å². The first kappa shape index (κ1) is 39.1. The van der Waals surface area contributed by atoms with E-state index in [2.05, 4.69) is 199 Å². The van der Waals surface area contributed by atoms with Gasteiger partial charge in [-0.25, -0.2) is 15.0 Å². The van der Waals surface area contributed by atoms with Crippen molar-refractivity contribution in [3.63, 3.8) is 0 Å². The van der Waals surface area contributed by atoms with Crippen LogP contribution in [0, 0.1) is 0 Å². The minimum absolute atomic E-state index is 0.613. The molecule has 15 rings (SSSR count). The molecule has 326 valence electrons. The summed E-state index contributed by atoms with van der Waals surface area (Å²) in [5.74, 6) is 3.51. The van der Waals surface area contributed by atoms with Gasteiger partial charge in [0.25, 0.3) is 0 Å². The number of benzene rings is 10. The van der Waals surface area contributed by atoms with E-state index >= 15 is 0 Å². The molecular weight excluding hydrogens is 873 g/mol. The maximum Gasteiger partial charge on any atom is 0.164 e. The third kappa shape index (κ3) is 5.50. The Bertz CT molecular complexity index is 4170. The zero-order chi connectivity index (χ0) is 45.9. The first-order chi connectivity index (χ1) is 34.7. The molecule has 1 spiro atoms.